The molecule has 0 aromatic rings. The van der Waals surface area contributed by atoms with Crippen molar-refractivity contribution in [3.8, 4) is 0 Å². The average Bonchev–Trinajstić information content (AvgIpc) is 1.67. The lowest BCUT2D eigenvalue weighted by Gasteiger charge is -2.23. The standard InChI is InChI=1S/C6H13O2/c1-5(2)6(3,8)4-7/h7-8H,4H2,1-3H3. The first kappa shape index (κ1) is 7.92. The van der Waals surface area contributed by atoms with E-state index in [1.165, 1.54) is 0 Å². The van der Waals surface area contributed by atoms with Crippen molar-refractivity contribution in [3.63, 3.8) is 0 Å². The molecule has 0 rings (SSSR count). The van der Waals surface area contributed by atoms with Crippen LogP contribution in [-0.4, -0.2) is 22.4 Å². The van der Waals surface area contributed by atoms with E-state index in [1.807, 2.05) is 0 Å². The van der Waals surface area contributed by atoms with Crippen molar-refractivity contribution in [2.24, 2.45) is 0 Å². The molecule has 2 heteroatoms. The Labute approximate surface area is 50.2 Å². The summed E-state index contributed by atoms with van der Waals surface area (Å²) in [6, 6.07) is 0. The van der Waals surface area contributed by atoms with Crippen molar-refractivity contribution in [1.82, 2.24) is 0 Å². The predicted octanol–water partition coefficient (Wildman–Crippen LogP) is 0.344. The Morgan fingerprint density at radius 1 is 1.50 bits per heavy atom. The molecule has 0 aliphatic rings. The van der Waals surface area contributed by atoms with Gasteiger partial charge in [-0.05, 0) is 6.92 Å². The van der Waals surface area contributed by atoms with Crippen molar-refractivity contribution in [2.75, 3.05) is 6.61 Å². The molecule has 0 aliphatic heterocycles. The Morgan fingerprint density at radius 3 is 1.88 bits per heavy atom. The normalized spacial score (nSPS) is 18.8. The summed E-state index contributed by atoms with van der Waals surface area (Å²) in [5, 5.41) is 17.6. The predicted molar refractivity (Wildman–Crippen MR) is 32.3 cm³/mol. The average molecular weight is 117 g/mol. The molecule has 0 bridgehead atoms. The van der Waals surface area contributed by atoms with E-state index in [1.54, 1.807) is 20.8 Å². The van der Waals surface area contributed by atoms with Crippen molar-refractivity contribution in [3.05, 3.63) is 5.92 Å². The molecule has 8 heavy (non-hydrogen) atoms. The minimum Gasteiger partial charge on any atom is -0.393 e. The van der Waals surface area contributed by atoms with E-state index in [-0.39, 0.29) is 6.61 Å². The molecule has 1 atom stereocenters. The first-order valence-corrected chi connectivity index (χ1v) is 2.64. The molecule has 2 N–H and O–H groups in total. The molecule has 0 heterocycles. The monoisotopic (exact) mass is 117 g/mol. The summed E-state index contributed by atoms with van der Waals surface area (Å²) in [4.78, 5) is 0. The molecule has 2 nitrogen and oxygen atoms in total. The minimum atomic E-state index is -0.986. The SMILES string of the molecule is C[C](C)C(C)(O)CO. The smallest absolute Gasteiger partial charge is 0.0906 e. The van der Waals surface area contributed by atoms with Crippen LogP contribution in [0, 0.1) is 5.92 Å². The molecule has 0 saturated heterocycles. The van der Waals surface area contributed by atoms with Crippen molar-refractivity contribution >= 4 is 0 Å². The van der Waals surface area contributed by atoms with Gasteiger partial charge >= 0.3 is 0 Å². The van der Waals surface area contributed by atoms with Gasteiger partial charge in [0.1, 0.15) is 0 Å². The van der Waals surface area contributed by atoms with E-state index in [9.17, 15) is 0 Å². The van der Waals surface area contributed by atoms with Crippen molar-refractivity contribution in [1.29, 1.82) is 0 Å². The van der Waals surface area contributed by atoms with E-state index < -0.39 is 5.60 Å². The maximum Gasteiger partial charge on any atom is 0.0906 e. The fraction of sp³-hybridized carbons (Fsp3) is 0.833. The second-order valence-corrected chi connectivity index (χ2v) is 2.43. The molecule has 0 aromatic heterocycles. The molecule has 0 amide bonds. The van der Waals surface area contributed by atoms with Crippen LogP contribution in [0.4, 0.5) is 0 Å². The van der Waals surface area contributed by atoms with E-state index in [4.69, 9.17) is 10.2 Å². The van der Waals surface area contributed by atoms with Crippen molar-refractivity contribution < 1.29 is 10.2 Å². The van der Waals surface area contributed by atoms with Gasteiger partial charge in [-0.1, -0.05) is 13.8 Å². The minimum absolute atomic E-state index is 0.199. The Morgan fingerprint density at radius 2 is 1.88 bits per heavy atom. The van der Waals surface area contributed by atoms with Gasteiger partial charge < -0.3 is 10.2 Å². The van der Waals surface area contributed by atoms with Crippen LogP contribution in [0.15, 0.2) is 0 Å². The summed E-state index contributed by atoms with van der Waals surface area (Å²) in [7, 11) is 0. The zero-order valence-corrected chi connectivity index (χ0v) is 5.60. The highest BCUT2D eigenvalue weighted by molar-refractivity contribution is 4.97. The van der Waals surface area contributed by atoms with E-state index >= 15 is 0 Å². The fourth-order valence-corrected chi connectivity index (χ4v) is 0.158. The Hall–Kier alpha value is -0.0800. The van der Waals surface area contributed by atoms with E-state index in [0.29, 0.717) is 0 Å². The van der Waals surface area contributed by atoms with Gasteiger partial charge in [0.15, 0.2) is 0 Å². The molecular weight excluding hydrogens is 104 g/mol. The summed E-state index contributed by atoms with van der Waals surface area (Å²) in [6.45, 7) is 4.96. The fourth-order valence-electron chi connectivity index (χ4n) is 0.158. The maximum absolute atomic E-state index is 9.11. The highest BCUT2D eigenvalue weighted by atomic mass is 16.3. The van der Waals surface area contributed by atoms with Gasteiger partial charge in [-0.2, -0.15) is 0 Å². The molecule has 1 radical (unpaired) electrons. The van der Waals surface area contributed by atoms with Crippen LogP contribution in [-0.2, 0) is 0 Å². The summed E-state index contributed by atoms with van der Waals surface area (Å²) < 4.78 is 0. The van der Waals surface area contributed by atoms with Gasteiger partial charge in [-0.3, -0.25) is 0 Å². The molecule has 0 spiro atoms. The van der Waals surface area contributed by atoms with Crippen LogP contribution in [0.5, 0.6) is 0 Å². The lowest BCUT2D eigenvalue weighted by Crippen LogP contribution is -2.33. The highest BCUT2D eigenvalue weighted by Crippen LogP contribution is 2.15. The van der Waals surface area contributed by atoms with Gasteiger partial charge in [0.2, 0.25) is 0 Å². The second-order valence-electron chi connectivity index (χ2n) is 2.43. The maximum atomic E-state index is 9.11. The van der Waals surface area contributed by atoms with E-state index in [0.717, 1.165) is 5.92 Å². The first-order valence-electron chi connectivity index (χ1n) is 2.64. The zero-order valence-electron chi connectivity index (χ0n) is 5.60. The second kappa shape index (κ2) is 2.46. The van der Waals surface area contributed by atoms with Crippen LogP contribution >= 0.6 is 0 Å². The van der Waals surface area contributed by atoms with Gasteiger partial charge in [-0.15, -0.1) is 0 Å². The lowest BCUT2D eigenvalue weighted by molar-refractivity contribution is 0.0156. The summed E-state index contributed by atoms with van der Waals surface area (Å²) in [5.41, 5.74) is -0.986. The molecule has 0 aromatic carbocycles. The van der Waals surface area contributed by atoms with Crippen LogP contribution in [0.1, 0.15) is 20.8 Å². The molecule has 0 saturated carbocycles. The van der Waals surface area contributed by atoms with Crippen LogP contribution < -0.4 is 0 Å². The van der Waals surface area contributed by atoms with Gasteiger partial charge in [0, 0.05) is 5.92 Å². The lowest BCUT2D eigenvalue weighted by atomic mass is 9.94. The van der Waals surface area contributed by atoms with E-state index in [2.05, 4.69) is 0 Å². The summed E-state index contributed by atoms with van der Waals surface area (Å²) in [6.07, 6.45) is 0. The quantitative estimate of drug-likeness (QED) is 0.547. The Balaban J connectivity index is 3.71. The summed E-state index contributed by atoms with van der Waals surface area (Å²) in [5.74, 6) is 0.833. The summed E-state index contributed by atoms with van der Waals surface area (Å²) >= 11 is 0. The third kappa shape index (κ3) is 1.80. The van der Waals surface area contributed by atoms with Gasteiger partial charge in [0.05, 0.1) is 12.2 Å². The van der Waals surface area contributed by atoms with Crippen LogP contribution in [0.2, 0.25) is 0 Å². The molecule has 1 unspecified atom stereocenters. The zero-order chi connectivity index (χ0) is 6.78. The molecule has 0 fully saturated rings. The van der Waals surface area contributed by atoms with Crippen molar-refractivity contribution in [2.45, 2.75) is 26.4 Å². The largest absolute Gasteiger partial charge is 0.393 e. The third-order valence-corrected chi connectivity index (χ3v) is 1.39. The Kier molecular flexibility index (Phi) is 2.44. The third-order valence-electron chi connectivity index (χ3n) is 1.39. The number of hydrogen-bond acceptors (Lipinski definition) is 2. The number of aliphatic hydroxyl groups excluding tert-OH is 1. The number of aliphatic hydroxyl groups is 2. The topological polar surface area (TPSA) is 40.5 Å². The Bertz CT molecular complexity index is 66.9. The van der Waals surface area contributed by atoms with Gasteiger partial charge in [0.25, 0.3) is 0 Å². The van der Waals surface area contributed by atoms with Gasteiger partial charge in [-0.25, -0.2) is 0 Å². The first-order chi connectivity index (χ1) is 3.50. The van der Waals surface area contributed by atoms with Crippen LogP contribution in [0.25, 0.3) is 0 Å². The number of rotatable bonds is 2. The van der Waals surface area contributed by atoms with Crippen LogP contribution in [0.3, 0.4) is 0 Å². The number of hydrogen-bond donors (Lipinski definition) is 2. The molecule has 49 valence electrons. The highest BCUT2D eigenvalue weighted by Gasteiger charge is 2.23. The molecular formula is C6H13O2. The molecule has 0 aliphatic carbocycles.